The van der Waals surface area contributed by atoms with Crippen LogP contribution in [0.25, 0.3) is 0 Å². The lowest BCUT2D eigenvalue weighted by molar-refractivity contribution is 0.102. The Balaban J connectivity index is 2.71. The molecule has 0 fully saturated rings. The van der Waals surface area contributed by atoms with Crippen LogP contribution < -0.4 is 0 Å². The average Bonchev–Trinajstić information content (AvgIpc) is 2.03. The summed E-state index contributed by atoms with van der Waals surface area (Å²) in [4.78, 5) is 11.5. The number of hydrogen-bond donors (Lipinski definition) is 1. The average molecular weight is 198 g/mol. The fraction of sp³-hybridized carbons (Fsp3) is 0.300. The molecule has 0 saturated carbocycles. The van der Waals surface area contributed by atoms with Gasteiger partial charge in [0.25, 0.3) is 0 Å². The molecule has 1 N–H and O–H groups in total. The number of rotatable bonds is 3. The van der Waals surface area contributed by atoms with Gasteiger partial charge in [-0.05, 0) is 12.5 Å². The Morgan fingerprint density at radius 3 is 2.31 bits per heavy atom. The first kappa shape index (κ1) is 10.3. The minimum atomic E-state index is -1.72. The van der Waals surface area contributed by atoms with Gasteiger partial charge in [-0.1, -0.05) is 30.3 Å². The first-order chi connectivity index (χ1) is 5.99. The lowest BCUT2D eigenvalue weighted by Gasteiger charge is -2.21. The lowest BCUT2D eigenvalue weighted by atomic mass is 10.2. The van der Waals surface area contributed by atoms with Gasteiger partial charge in [0.1, 0.15) is 0 Å². The molecule has 0 unspecified atom stereocenters. The van der Waals surface area contributed by atoms with E-state index in [9.17, 15) is 9.35 Å². The van der Waals surface area contributed by atoms with E-state index < -0.39 is 10.3 Å². The summed E-state index contributed by atoms with van der Waals surface area (Å²) < 4.78 is 9.51. The van der Waals surface area contributed by atoms with Gasteiger partial charge in [-0.25, -0.2) is 0 Å². The van der Waals surface area contributed by atoms with Crippen LogP contribution in [0.1, 0.15) is 10.4 Å². The normalized spacial score (nSPS) is 12.5. The summed E-state index contributed by atoms with van der Waals surface area (Å²) in [5.74, 6) is 0.264. The van der Waals surface area contributed by atoms with Gasteiger partial charge in [-0.3, -0.25) is 4.79 Å². The van der Waals surface area contributed by atoms with Gasteiger partial charge in [-0.15, -0.1) is 10.3 Å². The molecule has 1 rings (SSSR count). The molecule has 2 nitrogen and oxygen atoms in total. The standard InChI is InChI=1S/C10H14O2S/c1-13(2,12)8-10(11)9-6-4-3-5-7-9/h3-7,12H,8H2,1-2H3. The predicted octanol–water partition coefficient (Wildman–Crippen LogP) is 2.41. The minimum Gasteiger partial charge on any atom is -0.352 e. The van der Waals surface area contributed by atoms with Crippen molar-refractivity contribution in [2.75, 3.05) is 18.3 Å². The predicted molar refractivity (Wildman–Crippen MR) is 57.7 cm³/mol. The Morgan fingerprint density at radius 2 is 1.85 bits per heavy atom. The third-order valence-corrected chi connectivity index (χ3v) is 2.55. The van der Waals surface area contributed by atoms with Crippen LogP contribution in [0.3, 0.4) is 0 Å². The van der Waals surface area contributed by atoms with E-state index in [0.717, 1.165) is 0 Å². The van der Waals surface area contributed by atoms with Crippen molar-refractivity contribution in [2.24, 2.45) is 0 Å². The van der Waals surface area contributed by atoms with E-state index in [2.05, 4.69) is 0 Å². The molecular formula is C10H14O2S. The molecule has 0 aliphatic rings. The Kier molecular flexibility index (Phi) is 3.12. The lowest BCUT2D eigenvalue weighted by Crippen LogP contribution is -2.11. The van der Waals surface area contributed by atoms with E-state index in [1.165, 1.54) is 0 Å². The molecule has 0 bridgehead atoms. The minimum absolute atomic E-state index is 0.0168. The second kappa shape index (κ2) is 3.94. The Bertz CT molecular complexity index is 288. The first-order valence-corrected chi connectivity index (χ1v) is 6.58. The van der Waals surface area contributed by atoms with Crippen molar-refractivity contribution in [3.63, 3.8) is 0 Å². The zero-order valence-electron chi connectivity index (χ0n) is 7.86. The number of carbonyl (C=O) groups is 1. The topological polar surface area (TPSA) is 37.3 Å². The highest BCUT2D eigenvalue weighted by Crippen LogP contribution is 2.34. The number of ketones is 1. The van der Waals surface area contributed by atoms with E-state index >= 15 is 0 Å². The van der Waals surface area contributed by atoms with E-state index in [1.807, 2.05) is 18.2 Å². The molecule has 0 aliphatic carbocycles. The third-order valence-electron chi connectivity index (χ3n) is 1.58. The van der Waals surface area contributed by atoms with Crippen molar-refractivity contribution in [2.45, 2.75) is 0 Å². The maximum atomic E-state index is 11.5. The molecule has 0 heterocycles. The van der Waals surface area contributed by atoms with Crippen molar-refractivity contribution in [1.82, 2.24) is 0 Å². The van der Waals surface area contributed by atoms with Gasteiger partial charge in [-0.2, -0.15) is 0 Å². The maximum absolute atomic E-state index is 11.5. The van der Waals surface area contributed by atoms with Crippen molar-refractivity contribution in [1.29, 1.82) is 0 Å². The monoisotopic (exact) mass is 198 g/mol. The van der Waals surface area contributed by atoms with Crippen LogP contribution in [0.4, 0.5) is 0 Å². The molecule has 1 aromatic rings. The number of hydrogen-bond acceptors (Lipinski definition) is 2. The Hall–Kier alpha value is -0.800. The summed E-state index contributed by atoms with van der Waals surface area (Å²) in [6.45, 7) is 0. The van der Waals surface area contributed by atoms with Crippen LogP contribution in [-0.2, 0) is 0 Å². The van der Waals surface area contributed by atoms with Crippen LogP contribution in [0.2, 0.25) is 0 Å². The SMILES string of the molecule is CS(C)(O)CC(=O)c1ccccc1. The second-order valence-electron chi connectivity index (χ2n) is 3.41. The second-order valence-corrected chi connectivity index (χ2v) is 6.66. The summed E-state index contributed by atoms with van der Waals surface area (Å²) in [7, 11) is -1.72. The van der Waals surface area contributed by atoms with Gasteiger partial charge in [0.05, 0.1) is 5.75 Å². The van der Waals surface area contributed by atoms with Crippen LogP contribution in [0, 0.1) is 0 Å². The van der Waals surface area contributed by atoms with Crippen molar-refractivity contribution < 1.29 is 9.35 Å². The van der Waals surface area contributed by atoms with E-state index in [4.69, 9.17) is 0 Å². The quantitative estimate of drug-likeness (QED) is 0.757. The largest absolute Gasteiger partial charge is 0.352 e. The highest BCUT2D eigenvalue weighted by Gasteiger charge is 2.13. The van der Waals surface area contributed by atoms with E-state index in [1.54, 1.807) is 24.6 Å². The maximum Gasteiger partial charge on any atom is 0.173 e. The Morgan fingerprint density at radius 1 is 1.31 bits per heavy atom. The molecule has 1 aromatic carbocycles. The third kappa shape index (κ3) is 3.61. The molecule has 13 heavy (non-hydrogen) atoms. The first-order valence-electron chi connectivity index (χ1n) is 4.01. The fourth-order valence-corrected chi connectivity index (χ4v) is 1.84. The van der Waals surface area contributed by atoms with Crippen molar-refractivity contribution in [3.05, 3.63) is 35.9 Å². The molecule has 0 atom stereocenters. The Labute approximate surface area is 80.1 Å². The number of carbonyl (C=O) groups excluding carboxylic acids is 1. The van der Waals surface area contributed by atoms with Crippen LogP contribution >= 0.6 is 10.3 Å². The van der Waals surface area contributed by atoms with Gasteiger partial charge >= 0.3 is 0 Å². The highest BCUT2D eigenvalue weighted by molar-refractivity contribution is 8.28. The molecule has 0 aliphatic heterocycles. The molecule has 0 radical (unpaired) electrons. The van der Waals surface area contributed by atoms with E-state index in [-0.39, 0.29) is 11.5 Å². The molecule has 3 heteroatoms. The molecule has 0 aromatic heterocycles. The van der Waals surface area contributed by atoms with Crippen LogP contribution in [-0.4, -0.2) is 28.6 Å². The van der Waals surface area contributed by atoms with Gasteiger partial charge in [0.15, 0.2) is 5.78 Å². The molecule has 0 saturated heterocycles. The van der Waals surface area contributed by atoms with Crippen LogP contribution in [0.15, 0.2) is 30.3 Å². The van der Waals surface area contributed by atoms with Gasteiger partial charge in [0.2, 0.25) is 0 Å². The highest BCUT2D eigenvalue weighted by atomic mass is 32.3. The van der Waals surface area contributed by atoms with Gasteiger partial charge < -0.3 is 4.55 Å². The molecular weight excluding hydrogens is 184 g/mol. The fourth-order valence-electron chi connectivity index (χ4n) is 1.03. The smallest absolute Gasteiger partial charge is 0.173 e. The van der Waals surface area contributed by atoms with Crippen LogP contribution in [0.5, 0.6) is 0 Å². The molecule has 0 amide bonds. The van der Waals surface area contributed by atoms with Gasteiger partial charge in [0, 0.05) is 5.56 Å². The summed E-state index contributed by atoms with van der Waals surface area (Å²) in [6, 6.07) is 9.06. The zero-order chi connectivity index (χ0) is 9.90. The van der Waals surface area contributed by atoms with E-state index in [0.29, 0.717) is 5.56 Å². The summed E-state index contributed by atoms with van der Waals surface area (Å²) in [6.07, 6.45) is 3.43. The van der Waals surface area contributed by atoms with Crippen molar-refractivity contribution >= 4 is 16.1 Å². The zero-order valence-corrected chi connectivity index (χ0v) is 8.67. The molecule has 72 valence electrons. The summed E-state index contributed by atoms with van der Waals surface area (Å²) in [5.41, 5.74) is 0.678. The number of benzene rings is 1. The number of Topliss-reactive ketones (excluding diaryl/α,β-unsaturated/α-hetero) is 1. The molecule has 0 spiro atoms. The summed E-state index contributed by atoms with van der Waals surface area (Å²) >= 11 is 0. The van der Waals surface area contributed by atoms with Crippen molar-refractivity contribution in [3.8, 4) is 0 Å². The summed E-state index contributed by atoms with van der Waals surface area (Å²) in [5, 5.41) is 0.